The van der Waals surface area contributed by atoms with Gasteiger partial charge in [0.25, 0.3) is 5.22 Å². The first-order valence-electron chi connectivity index (χ1n) is 9.03. The zero-order chi connectivity index (χ0) is 21.9. The lowest BCUT2D eigenvalue weighted by Crippen LogP contribution is -2.15. The maximum absolute atomic E-state index is 12.3. The van der Waals surface area contributed by atoms with Crippen molar-refractivity contribution in [2.24, 2.45) is 0 Å². The van der Waals surface area contributed by atoms with E-state index in [0.717, 1.165) is 40.4 Å². The number of carbonyl (C=O) groups excluding carboxylic acids is 1. The fourth-order valence-electron chi connectivity index (χ4n) is 2.96. The predicted octanol–water partition coefficient (Wildman–Crippen LogP) is 3.76. The van der Waals surface area contributed by atoms with Gasteiger partial charge in [0.2, 0.25) is 21.8 Å². The first-order chi connectivity index (χ1) is 14.1. The highest BCUT2D eigenvalue weighted by Gasteiger charge is 2.13. The van der Waals surface area contributed by atoms with Gasteiger partial charge in [-0.25, -0.2) is 8.42 Å². The van der Waals surface area contributed by atoms with Crippen LogP contribution in [0.5, 0.6) is 0 Å². The van der Waals surface area contributed by atoms with Crippen molar-refractivity contribution in [1.82, 2.24) is 10.2 Å². The Morgan fingerprint density at radius 1 is 1.07 bits per heavy atom. The smallest absolute Gasteiger partial charge is 0.277 e. The van der Waals surface area contributed by atoms with Crippen LogP contribution in [0.4, 0.5) is 11.4 Å². The summed E-state index contributed by atoms with van der Waals surface area (Å²) in [4.78, 5) is 12.3. The molecule has 2 aromatic carbocycles. The van der Waals surface area contributed by atoms with Crippen LogP contribution in [0.1, 0.15) is 16.7 Å². The Hall–Kier alpha value is -2.85. The standard InChI is InChI=1S/C20H22N4O4S2/c1-12-9-13(2)18(14(3)10-12)21-17(25)11-29-20-23-22-19(28-20)15-5-7-16(8-6-15)24-30(4,26)27/h5-10,24H,11H2,1-4H3,(H,21,25). The van der Waals surface area contributed by atoms with Gasteiger partial charge in [-0.2, -0.15) is 0 Å². The van der Waals surface area contributed by atoms with Gasteiger partial charge < -0.3 is 9.73 Å². The van der Waals surface area contributed by atoms with E-state index >= 15 is 0 Å². The van der Waals surface area contributed by atoms with E-state index in [2.05, 4.69) is 20.2 Å². The Kier molecular flexibility index (Phi) is 6.47. The molecule has 0 saturated heterocycles. The summed E-state index contributed by atoms with van der Waals surface area (Å²) in [6.45, 7) is 5.94. The molecule has 0 aliphatic rings. The zero-order valence-corrected chi connectivity index (χ0v) is 18.6. The number of aromatic nitrogens is 2. The molecule has 0 atom stereocenters. The van der Waals surface area contributed by atoms with E-state index < -0.39 is 10.0 Å². The monoisotopic (exact) mass is 446 g/mol. The number of nitrogens with zero attached hydrogens (tertiary/aromatic N) is 2. The van der Waals surface area contributed by atoms with E-state index in [9.17, 15) is 13.2 Å². The minimum absolute atomic E-state index is 0.131. The van der Waals surface area contributed by atoms with Crippen LogP contribution in [-0.4, -0.2) is 36.5 Å². The van der Waals surface area contributed by atoms with Gasteiger partial charge in [0, 0.05) is 16.9 Å². The van der Waals surface area contributed by atoms with Crippen molar-refractivity contribution in [2.45, 2.75) is 26.0 Å². The van der Waals surface area contributed by atoms with Crippen molar-refractivity contribution in [3.05, 3.63) is 53.1 Å². The Labute approximate surface area is 179 Å². The van der Waals surface area contributed by atoms with Crippen molar-refractivity contribution in [3.8, 4) is 11.5 Å². The summed E-state index contributed by atoms with van der Waals surface area (Å²) in [5, 5.41) is 11.1. The molecule has 1 aromatic heterocycles. The van der Waals surface area contributed by atoms with Gasteiger partial charge in [-0.15, -0.1) is 10.2 Å². The van der Waals surface area contributed by atoms with Crippen LogP contribution in [0, 0.1) is 20.8 Å². The molecule has 1 amide bonds. The summed E-state index contributed by atoms with van der Waals surface area (Å²) in [6, 6.07) is 10.6. The molecule has 10 heteroatoms. The highest BCUT2D eigenvalue weighted by atomic mass is 32.2. The van der Waals surface area contributed by atoms with Crippen LogP contribution < -0.4 is 10.0 Å². The fourth-order valence-corrected chi connectivity index (χ4v) is 4.09. The number of aryl methyl sites for hydroxylation is 3. The van der Waals surface area contributed by atoms with E-state index in [-0.39, 0.29) is 22.8 Å². The summed E-state index contributed by atoms with van der Waals surface area (Å²) in [7, 11) is -3.34. The van der Waals surface area contributed by atoms with Gasteiger partial charge in [-0.1, -0.05) is 29.5 Å². The number of thioether (sulfide) groups is 1. The number of rotatable bonds is 7. The third-order valence-corrected chi connectivity index (χ3v) is 5.53. The number of nitrogens with one attached hydrogen (secondary N) is 2. The van der Waals surface area contributed by atoms with E-state index in [1.165, 1.54) is 0 Å². The van der Waals surface area contributed by atoms with Gasteiger partial charge in [0.05, 0.1) is 12.0 Å². The van der Waals surface area contributed by atoms with Crippen LogP contribution in [0.15, 0.2) is 46.0 Å². The SMILES string of the molecule is Cc1cc(C)c(NC(=O)CSc2nnc(-c3ccc(NS(C)(=O)=O)cc3)o2)c(C)c1. The maximum Gasteiger partial charge on any atom is 0.277 e. The number of amides is 1. The van der Waals surface area contributed by atoms with Crippen molar-refractivity contribution < 1.29 is 17.6 Å². The number of hydrogen-bond donors (Lipinski definition) is 2. The van der Waals surface area contributed by atoms with Gasteiger partial charge in [0.15, 0.2) is 0 Å². The molecule has 1 heterocycles. The number of benzene rings is 2. The molecule has 3 rings (SSSR count). The molecule has 3 aromatic rings. The summed E-state index contributed by atoms with van der Waals surface area (Å²) < 4.78 is 30.5. The lowest BCUT2D eigenvalue weighted by atomic mass is 10.1. The van der Waals surface area contributed by atoms with Crippen LogP contribution >= 0.6 is 11.8 Å². The molecular formula is C20H22N4O4S2. The number of hydrogen-bond acceptors (Lipinski definition) is 7. The zero-order valence-electron chi connectivity index (χ0n) is 17.0. The molecule has 2 N–H and O–H groups in total. The molecule has 0 bridgehead atoms. The van der Waals surface area contributed by atoms with E-state index in [1.807, 2.05) is 32.9 Å². The number of carbonyl (C=O) groups is 1. The molecule has 0 aliphatic carbocycles. The van der Waals surface area contributed by atoms with Crippen molar-refractivity contribution in [2.75, 3.05) is 22.0 Å². The Bertz CT molecular complexity index is 1150. The summed E-state index contributed by atoms with van der Waals surface area (Å²) >= 11 is 1.15. The molecular weight excluding hydrogens is 424 g/mol. The summed E-state index contributed by atoms with van der Waals surface area (Å²) in [6.07, 6.45) is 1.08. The van der Waals surface area contributed by atoms with Crippen molar-refractivity contribution >= 4 is 39.1 Å². The molecule has 158 valence electrons. The molecule has 8 nitrogen and oxygen atoms in total. The average Bonchev–Trinajstić information content (AvgIpc) is 3.11. The van der Waals surface area contributed by atoms with Crippen LogP contribution in [0.2, 0.25) is 0 Å². The third-order valence-electron chi connectivity index (χ3n) is 4.11. The van der Waals surface area contributed by atoms with Crippen LogP contribution in [0.25, 0.3) is 11.5 Å². The quantitative estimate of drug-likeness (QED) is 0.531. The Morgan fingerprint density at radius 2 is 1.70 bits per heavy atom. The van der Waals surface area contributed by atoms with E-state index in [0.29, 0.717) is 11.3 Å². The average molecular weight is 447 g/mol. The summed E-state index contributed by atoms with van der Waals surface area (Å²) in [5.74, 6) is 0.256. The predicted molar refractivity (Wildman–Crippen MR) is 118 cm³/mol. The van der Waals surface area contributed by atoms with Gasteiger partial charge >= 0.3 is 0 Å². The van der Waals surface area contributed by atoms with Gasteiger partial charge in [0.1, 0.15) is 0 Å². The first-order valence-corrected chi connectivity index (χ1v) is 11.9. The number of anilines is 2. The molecule has 0 fully saturated rings. The molecule has 0 radical (unpaired) electrons. The van der Waals surface area contributed by atoms with Gasteiger partial charge in [-0.3, -0.25) is 9.52 Å². The van der Waals surface area contributed by atoms with Crippen LogP contribution in [-0.2, 0) is 14.8 Å². The lowest BCUT2D eigenvalue weighted by molar-refractivity contribution is -0.113. The highest BCUT2D eigenvalue weighted by Crippen LogP contribution is 2.26. The third kappa shape index (κ3) is 5.83. The minimum atomic E-state index is -3.34. The lowest BCUT2D eigenvalue weighted by Gasteiger charge is -2.12. The Morgan fingerprint density at radius 3 is 2.30 bits per heavy atom. The molecule has 0 unspecified atom stereocenters. The fraction of sp³-hybridized carbons (Fsp3) is 0.250. The normalized spacial score (nSPS) is 11.3. The molecule has 0 saturated carbocycles. The topological polar surface area (TPSA) is 114 Å². The minimum Gasteiger partial charge on any atom is -0.411 e. The van der Waals surface area contributed by atoms with Crippen molar-refractivity contribution in [1.29, 1.82) is 0 Å². The second-order valence-electron chi connectivity index (χ2n) is 6.94. The first kappa shape index (κ1) is 21.8. The van der Waals surface area contributed by atoms with E-state index in [1.54, 1.807) is 24.3 Å². The summed E-state index contributed by atoms with van der Waals surface area (Å²) in [5.41, 5.74) is 5.08. The largest absolute Gasteiger partial charge is 0.411 e. The molecule has 0 spiro atoms. The van der Waals surface area contributed by atoms with Crippen molar-refractivity contribution in [3.63, 3.8) is 0 Å². The molecule has 0 aliphatic heterocycles. The van der Waals surface area contributed by atoms with Crippen LogP contribution in [0.3, 0.4) is 0 Å². The Balaban J connectivity index is 1.60. The van der Waals surface area contributed by atoms with Gasteiger partial charge in [-0.05, 0) is 56.2 Å². The highest BCUT2D eigenvalue weighted by molar-refractivity contribution is 7.99. The second kappa shape index (κ2) is 8.88. The molecule has 30 heavy (non-hydrogen) atoms. The second-order valence-corrected chi connectivity index (χ2v) is 9.61. The maximum atomic E-state index is 12.3. The number of sulfonamides is 1. The van der Waals surface area contributed by atoms with E-state index in [4.69, 9.17) is 4.42 Å².